The Kier molecular flexibility index (Phi) is 2.90. The largest absolute Gasteiger partial charge is 0.312 e. The Balaban J connectivity index is 1.93. The Morgan fingerprint density at radius 2 is 1.88 bits per heavy atom. The Bertz CT molecular complexity index is 377. The first-order valence-corrected chi connectivity index (χ1v) is 6.93. The summed E-state index contributed by atoms with van der Waals surface area (Å²) >= 11 is 0. The first-order chi connectivity index (χ1) is 8.27. The van der Waals surface area contributed by atoms with Gasteiger partial charge in [0.05, 0.1) is 6.04 Å². The SMILES string of the molecule is CC(C)C1NCCn2c(C3CCCC3)nnc21. The number of hydrogen-bond donors (Lipinski definition) is 1. The van der Waals surface area contributed by atoms with Gasteiger partial charge in [0.25, 0.3) is 0 Å². The van der Waals surface area contributed by atoms with E-state index >= 15 is 0 Å². The highest BCUT2D eigenvalue weighted by Gasteiger charge is 2.30. The van der Waals surface area contributed by atoms with Crippen molar-refractivity contribution in [2.75, 3.05) is 6.54 Å². The molecule has 1 aliphatic carbocycles. The van der Waals surface area contributed by atoms with Crippen LogP contribution in [0.3, 0.4) is 0 Å². The van der Waals surface area contributed by atoms with Crippen molar-refractivity contribution in [3.05, 3.63) is 11.6 Å². The zero-order valence-electron chi connectivity index (χ0n) is 10.8. The maximum absolute atomic E-state index is 4.49. The highest BCUT2D eigenvalue weighted by Crippen LogP contribution is 2.35. The minimum Gasteiger partial charge on any atom is -0.312 e. The minimum atomic E-state index is 0.381. The maximum Gasteiger partial charge on any atom is 0.150 e. The summed E-state index contributed by atoms with van der Waals surface area (Å²) in [4.78, 5) is 0. The number of hydrogen-bond acceptors (Lipinski definition) is 3. The Labute approximate surface area is 103 Å². The van der Waals surface area contributed by atoms with Crippen molar-refractivity contribution < 1.29 is 0 Å². The molecule has 4 nitrogen and oxygen atoms in total. The molecule has 1 aliphatic heterocycles. The van der Waals surface area contributed by atoms with Crippen LogP contribution >= 0.6 is 0 Å². The van der Waals surface area contributed by atoms with Gasteiger partial charge in [0.15, 0.2) is 5.82 Å². The van der Waals surface area contributed by atoms with Gasteiger partial charge in [-0.1, -0.05) is 26.7 Å². The topological polar surface area (TPSA) is 42.7 Å². The first-order valence-electron chi connectivity index (χ1n) is 6.93. The smallest absolute Gasteiger partial charge is 0.150 e. The average molecular weight is 234 g/mol. The predicted octanol–water partition coefficient (Wildman–Crippen LogP) is 2.24. The Hall–Kier alpha value is -0.900. The van der Waals surface area contributed by atoms with Crippen molar-refractivity contribution in [3.8, 4) is 0 Å². The van der Waals surface area contributed by atoms with E-state index < -0.39 is 0 Å². The first kappa shape index (κ1) is 11.2. The van der Waals surface area contributed by atoms with Gasteiger partial charge in [-0.2, -0.15) is 0 Å². The summed E-state index contributed by atoms with van der Waals surface area (Å²) in [5, 5.41) is 12.5. The molecule has 1 atom stereocenters. The third-order valence-electron chi connectivity index (χ3n) is 4.17. The number of aromatic nitrogens is 3. The quantitative estimate of drug-likeness (QED) is 0.853. The molecule has 1 unspecified atom stereocenters. The summed E-state index contributed by atoms with van der Waals surface area (Å²) in [7, 11) is 0. The molecule has 0 radical (unpaired) electrons. The summed E-state index contributed by atoms with van der Waals surface area (Å²) in [5.41, 5.74) is 0. The van der Waals surface area contributed by atoms with Gasteiger partial charge in [-0.25, -0.2) is 0 Å². The van der Waals surface area contributed by atoms with Crippen LogP contribution in [0.2, 0.25) is 0 Å². The third-order valence-corrected chi connectivity index (χ3v) is 4.17. The molecule has 1 fully saturated rings. The lowest BCUT2D eigenvalue weighted by Gasteiger charge is -2.28. The van der Waals surface area contributed by atoms with E-state index in [1.54, 1.807) is 0 Å². The van der Waals surface area contributed by atoms with Crippen LogP contribution in [0.5, 0.6) is 0 Å². The maximum atomic E-state index is 4.49. The normalized spacial score (nSPS) is 25.5. The van der Waals surface area contributed by atoms with Gasteiger partial charge in [0.1, 0.15) is 5.82 Å². The molecule has 3 rings (SSSR count). The molecule has 0 bridgehead atoms. The molecule has 1 aromatic heterocycles. The van der Waals surface area contributed by atoms with Gasteiger partial charge >= 0.3 is 0 Å². The van der Waals surface area contributed by atoms with E-state index in [1.165, 1.54) is 31.5 Å². The molecular formula is C13H22N4. The third kappa shape index (κ3) is 1.88. The molecule has 0 aromatic carbocycles. The molecule has 1 saturated carbocycles. The molecule has 0 amide bonds. The molecule has 0 spiro atoms. The highest BCUT2D eigenvalue weighted by molar-refractivity contribution is 5.09. The molecule has 1 aromatic rings. The summed E-state index contributed by atoms with van der Waals surface area (Å²) in [6.07, 6.45) is 5.33. The summed E-state index contributed by atoms with van der Waals surface area (Å²) < 4.78 is 2.39. The van der Waals surface area contributed by atoms with Crippen LogP contribution in [-0.2, 0) is 6.54 Å². The van der Waals surface area contributed by atoms with E-state index in [0.717, 1.165) is 18.9 Å². The number of nitrogens with zero attached hydrogens (tertiary/aromatic N) is 3. The second-order valence-corrected chi connectivity index (χ2v) is 5.73. The van der Waals surface area contributed by atoms with Crippen molar-refractivity contribution in [2.24, 2.45) is 5.92 Å². The van der Waals surface area contributed by atoms with E-state index in [4.69, 9.17) is 0 Å². The van der Waals surface area contributed by atoms with E-state index in [9.17, 15) is 0 Å². The molecule has 1 N–H and O–H groups in total. The predicted molar refractivity (Wildman–Crippen MR) is 66.8 cm³/mol. The van der Waals surface area contributed by atoms with Crippen LogP contribution in [-0.4, -0.2) is 21.3 Å². The molecule has 2 aliphatic rings. The van der Waals surface area contributed by atoms with Crippen LogP contribution in [0.25, 0.3) is 0 Å². The molecular weight excluding hydrogens is 212 g/mol. The van der Waals surface area contributed by atoms with E-state index in [0.29, 0.717) is 17.9 Å². The fourth-order valence-corrected chi connectivity index (χ4v) is 3.23. The molecule has 2 heterocycles. The zero-order chi connectivity index (χ0) is 11.8. The fraction of sp³-hybridized carbons (Fsp3) is 0.846. The summed E-state index contributed by atoms with van der Waals surface area (Å²) in [5.74, 6) is 3.66. The van der Waals surface area contributed by atoms with E-state index in [2.05, 4.69) is 33.9 Å². The van der Waals surface area contributed by atoms with Crippen LogP contribution in [0, 0.1) is 5.92 Å². The van der Waals surface area contributed by atoms with Crippen LogP contribution in [0.4, 0.5) is 0 Å². The summed E-state index contributed by atoms with van der Waals surface area (Å²) in [6, 6.07) is 0.381. The van der Waals surface area contributed by atoms with Gasteiger partial charge in [-0.3, -0.25) is 0 Å². The number of fused-ring (bicyclic) bond motifs is 1. The molecule has 94 valence electrons. The lowest BCUT2D eigenvalue weighted by atomic mass is 10.0. The monoisotopic (exact) mass is 234 g/mol. The van der Waals surface area contributed by atoms with Crippen LogP contribution < -0.4 is 5.32 Å². The second kappa shape index (κ2) is 4.41. The number of nitrogens with one attached hydrogen (secondary N) is 1. The van der Waals surface area contributed by atoms with Crippen molar-refractivity contribution in [1.29, 1.82) is 0 Å². The van der Waals surface area contributed by atoms with Gasteiger partial charge in [0, 0.05) is 19.0 Å². The average Bonchev–Trinajstić information content (AvgIpc) is 2.96. The van der Waals surface area contributed by atoms with Crippen molar-refractivity contribution in [2.45, 2.75) is 58.0 Å². The van der Waals surface area contributed by atoms with Crippen molar-refractivity contribution >= 4 is 0 Å². The fourth-order valence-electron chi connectivity index (χ4n) is 3.23. The second-order valence-electron chi connectivity index (χ2n) is 5.73. The van der Waals surface area contributed by atoms with Crippen LogP contribution in [0.1, 0.15) is 63.1 Å². The molecule has 17 heavy (non-hydrogen) atoms. The molecule has 0 saturated heterocycles. The van der Waals surface area contributed by atoms with Gasteiger partial charge < -0.3 is 9.88 Å². The van der Waals surface area contributed by atoms with Crippen LogP contribution in [0.15, 0.2) is 0 Å². The minimum absolute atomic E-state index is 0.381. The lowest BCUT2D eigenvalue weighted by Crippen LogP contribution is -2.37. The van der Waals surface area contributed by atoms with Gasteiger partial charge in [-0.15, -0.1) is 10.2 Å². The Morgan fingerprint density at radius 1 is 1.18 bits per heavy atom. The van der Waals surface area contributed by atoms with Gasteiger partial charge in [0.2, 0.25) is 0 Å². The lowest BCUT2D eigenvalue weighted by molar-refractivity contribution is 0.332. The van der Waals surface area contributed by atoms with Crippen molar-refractivity contribution in [3.63, 3.8) is 0 Å². The number of rotatable bonds is 2. The van der Waals surface area contributed by atoms with Gasteiger partial charge in [-0.05, 0) is 18.8 Å². The van der Waals surface area contributed by atoms with E-state index in [1.807, 2.05) is 0 Å². The van der Waals surface area contributed by atoms with E-state index in [-0.39, 0.29) is 0 Å². The van der Waals surface area contributed by atoms with Crippen molar-refractivity contribution in [1.82, 2.24) is 20.1 Å². The zero-order valence-corrected chi connectivity index (χ0v) is 10.8. The highest BCUT2D eigenvalue weighted by atomic mass is 15.3. The Morgan fingerprint density at radius 3 is 2.59 bits per heavy atom. The molecule has 4 heteroatoms. The standard InChI is InChI=1S/C13H22N4/c1-9(2)11-13-16-15-12(10-5-3-4-6-10)17(13)8-7-14-11/h9-11,14H,3-8H2,1-2H3. The summed E-state index contributed by atoms with van der Waals surface area (Å²) in [6.45, 7) is 6.58.